The molecule has 1 fully saturated rings. The standard InChI is InChI=1S/C15H20N6O2/c1-11-19-13(10-14(20-11)21-8-2-3-9-21)16-6-7-17-15(22)12-4-5-18-23-12/h4-5,10H,2-3,6-9H2,1H3,(H,17,22)(H,16,19,20). The fourth-order valence-electron chi connectivity index (χ4n) is 2.54. The predicted molar refractivity (Wildman–Crippen MR) is 85.5 cm³/mol. The Labute approximate surface area is 134 Å². The quantitative estimate of drug-likeness (QED) is 0.773. The van der Waals surface area contributed by atoms with Crippen LogP contribution in [-0.4, -0.2) is 47.2 Å². The molecule has 2 N–H and O–H groups in total. The Morgan fingerprint density at radius 2 is 2.13 bits per heavy atom. The van der Waals surface area contributed by atoms with Gasteiger partial charge in [-0.15, -0.1) is 0 Å². The van der Waals surface area contributed by atoms with Crippen LogP contribution >= 0.6 is 0 Å². The summed E-state index contributed by atoms with van der Waals surface area (Å²) in [6.07, 6.45) is 3.86. The molecule has 23 heavy (non-hydrogen) atoms. The average Bonchev–Trinajstić information content (AvgIpc) is 3.23. The first-order valence-electron chi connectivity index (χ1n) is 7.76. The molecule has 122 valence electrons. The van der Waals surface area contributed by atoms with Gasteiger partial charge in [-0.1, -0.05) is 5.16 Å². The molecule has 8 nitrogen and oxygen atoms in total. The Hall–Kier alpha value is -2.64. The van der Waals surface area contributed by atoms with Crippen LogP contribution in [0.3, 0.4) is 0 Å². The Morgan fingerprint density at radius 3 is 2.87 bits per heavy atom. The summed E-state index contributed by atoms with van der Waals surface area (Å²) >= 11 is 0. The van der Waals surface area contributed by atoms with Gasteiger partial charge < -0.3 is 20.1 Å². The number of nitrogens with zero attached hydrogens (tertiary/aromatic N) is 4. The van der Waals surface area contributed by atoms with Crippen LogP contribution in [0.4, 0.5) is 11.6 Å². The van der Waals surface area contributed by atoms with Crippen LogP contribution < -0.4 is 15.5 Å². The summed E-state index contributed by atoms with van der Waals surface area (Å²) in [6, 6.07) is 3.48. The van der Waals surface area contributed by atoms with E-state index in [4.69, 9.17) is 4.52 Å². The number of rotatable bonds is 6. The molecule has 0 aromatic carbocycles. The minimum atomic E-state index is -0.277. The number of hydrogen-bond acceptors (Lipinski definition) is 7. The molecule has 1 saturated heterocycles. The SMILES string of the molecule is Cc1nc(NCCNC(=O)c2ccno2)cc(N2CCCC2)n1. The van der Waals surface area contributed by atoms with Crippen molar-refractivity contribution in [3.05, 3.63) is 29.9 Å². The van der Waals surface area contributed by atoms with Gasteiger partial charge in [0.15, 0.2) is 0 Å². The van der Waals surface area contributed by atoms with E-state index >= 15 is 0 Å². The largest absolute Gasteiger partial charge is 0.368 e. The van der Waals surface area contributed by atoms with E-state index in [1.54, 1.807) is 0 Å². The second-order valence-corrected chi connectivity index (χ2v) is 5.41. The van der Waals surface area contributed by atoms with Gasteiger partial charge in [-0.25, -0.2) is 9.97 Å². The van der Waals surface area contributed by atoms with Crippen molar-refractivity contribution >= 4 is 17.5 Å². The van der Waals surface area contributed by atoms with Crippen molar-refractivity contribution in [2.24, 2.45) is 0 Å². The number of nitrogens with one attached hydrogen (secondary N) is 2. The Balaban J connectivity index is 1.51. The monoisotopic (exact) mass is 316 g/mol. The molecule has 8 heteroatoms. The summed E-state index contributed by atoms with van der Waals surface area (Å²) in [5.74, 6) is 2.40. The maximum absolute atomic E-state index is 11.7. The summed E-state index contributed by atoms with van der Waals surface area (Å²) in [5.41, 5.74) is 0. The highest BCUT2D eigenvalue weighted by atomic mass is 16.5. The summed E-state index contributed by atoms with van der Waals surface area (Å²) in [7, 11) is 0. The van der Waals surface area contributed by atoms with Crippen molar-refractivity contribution in [2.45, 2.75) is 19.8 Å². The molecule has 3 heterocycles. The van der Waals surface area contributed by atoms with Crippen molar-refractivity contribution in [3.63, 3.8) is 0 Å². The van der Waals surface area contributed by atoms with E-state index < -0.39 is 0 Å². The van der Waals surface area contributed by atoms with Gasteiger partial charge in [0.2, 0.25) is 5.76 Å². The Morgan fingerprint density at radius 1 is 1.30 bits per heavy atom. The summed E-state index contributed by atoms with van der Waals surface area (Å²) in [6.45, 7) is 5.00. The highest BCUT2D eigenvalue weighted by Crippen LogP contribution is 2.20. The smallest absolute Gasteiger partial charge is 0.289 e. The van der Waals surface area contributed by atoms with E-state index in [1.807, 2.05) is 13.0 Å². The maximum atomic E-state index is 11.7. The van der Waals surface area contributed by atoms with Gasteiger partial charge in [-0.3, -0.25) is 4.79 Å². The lowest BCUT2D eigenvalue weighted by Gasteiger charge is -2.17. The molecule has 2 aromatic heterocycles. The third-order valence-electron chi connectivity index (χ3n) is 3.63. The van der Waals surface area contributed by atoms with Gasteiger partial charge in [0.05, 0.1) is 6.20 Å². The van der Waals surface area contributed by atoms with Crippen LogP contribution in [0, 0.1) is 6.92 Å². The molecule has 3 rings (SSSR count). The molecule has 0 unspecified atom stereocenters. The zero-order chi connectivity index (χ0) is 16.1. The van der Waals surface area contributed by atoms with E-state index in [0.29, 0.717) is 13.1 Å². The number of amides is 1. The second-order valence-electron chi connectivity index (χ2n) is 5.41. The molecule has 0 spiro atoms. The van der Waals surface area contributed by atoms with Crippen molar-refractivity contribution < 1.29 is 9.32 Å². The van der Waals surface area contributed by atoms with Gasteiger partial charge in [0, 0.05) is 38.3 Å². The molecule has 2 aromatic rings. The Kier molecular flexibility index (Phi) is 4.70. The minimum absolute atomic E-state index is 0.208. The topological polar surface area (TPSA) is 96.2 Å². The van der Waals surface area contributed by atoms with Gasteiger partial charge in [-0.2, -0.15) is 0 Å². The Bertz CT molecular complexity index is 652. The highest BCUT2D eigenvalue weighted by Gasteiger charge is 2.15. The highest BCUT2D eigenvalue weighted by molar-refractivity contribution is 5.91. The zero-order valence-electron chi connectivity index (χ0n) is 13.1. The van der Waals surface area contributed by atoms with Gasteiger partial charge in [-0.05, 0) is 19.8 Å². The third-order valence-corrected chi connectivity index (χ3v) is 3.63. The maximum Gasteiger partial charge on any atom is 0.289 e. The fourth-order valence-corrected chi connectivity index (χ4v) is 2.54. The summed E-state index contributed by atoms with van der Waals surface area (Å²) < 4.78 is 4.79. The van der Waals surface area contributed by atoms with Crippen LogP contribution in [0.5, 0.6) is 0 Å². The number of anilines is 2. The first-order valence-corrected chi connectivity index (χ1v) is 7.76. The lowest BCUT2D eigenvalue weighted by Crippen LogP contribution is -2.28. The average molecular weight is 316 g/mol. The fraction of sp³-hybridized carbons (Fsp3) is 0.467. The molecule has 0 atom stereocenters. The lowest BCUT2D eigenvalue weighted by atomic mass is 10.4. The van der Waals surface area contributed by atoms with E-state index in [2.05, 4.69) is 30.7 Å². The molecular formula is C15H20N6O2. The van der Waals surface area contributed by atoms with E-state index in [1.165, 1.54) is 25.1 Å². The van der Waals surface area contributed by atoms with Crippen LogP contribution in [-0.2, 0) is 0 Å². The predicted octanol–water partition coefficient (Wildman–Crippen LogP) is 1.22. The first-order chi connectivity index (χ1) is 11.2. The lowest BCUT2D eigenvalue weighted by molar-refractivity contribution is 0.0918. The van der Waals surface area contributed by atoms with Crippen molar-refractivity contribution in [1.29, 1.82) is 0 Å². The molecular weight excluding hydrogens is 296 g/mol. The first kappa shape index (κ1) is 15.3. The molecule has 1 aliphatic rings. The van der Waals surface area contributed by atoms with Crippen molar-refractivity contribution in [1.82, 2.24) is 20.4 Å². The van der Waals surface area contributed by atoms with Gasteiger partial charge in [0.1, 0.15) is 17.5 Å². The third kappa shape index (κ3) is 3.97. The molecule has 0 aliphatic carbocycles. The molecule has 0 radical (unpaired) electrons. The number of aryl methyl sites for hydroxylation is 1. The molecule has 0 bridgehead atoms. The van der Waals surface area contributed by atoms with E-state index in [9.17, 15) is 4.79 Å². The number of carbonyl (C=O) groups excluding carboxylic acids is 1. The summed E-state index contributed by atoms with van der Waals surface area (Å²) in [4.78, 5) is 22.8. The number of carbonyl (C=O) groups is 1. The van der Waals surface area contributed by atoms with E-state index in [0.717, 1.165) is 30.5 Å². The minimum Gasteiger partial charge on any atom is -0.368 e. The zero-order valence-corrected chi connectivity index (χ0v) is 13.1. The van der Waals surface area contributed by atoms with Gasteiger partial charge in [0.25, 0.3) is 5.91 Å². The molecule has 1 amide bonds. The van der Waals surface area contributed by atoms with Crippen LogP contribution in [0.25, 0.3) is 0 Å². The number of hydrogen-bond donors (Lipinski definition) is 2. The van der Waals surface area contributed by atoms with Crippen molar-refractivity contribution in [3.8, 4) is 0 Å². The number of aromatic nitrogens is 3. The normalized spacial score (nSPS) is 14.0. The summed E-state index contributed by atoms with van der Waals surface area (Å²) in [5, 5.41) is 9.47. The molecule has 1 aliphatic heterocycles. The van der Waals surface area contributed by atoms with Crippen molar-refractivity contribution in [2.75, 3.05) is 36.4 Å². The van der Waals surface area contributed by atoms with E-state index in [-0.39, 0.29) is 11.7 Å². The molecule has 0 saturated carbocycles. The van der Waals surface area contributed by atoms with Crippen LogP contribution in [0.15, 0.2) is 22.9 Å². The second kappa shape index (κ2) is 7.08. The van der Waals surface area contributed by atoms with Crippen LogP contribution in [0.1, 0.15) is 29.2 Å². The van der Waals surface area contributed by atoms with Crippen LogP contribution in [0.2, 0.25) is 0 Å². The van der Waals surface area contributed by atoms with Gasteiger partial charge >= 0.3 is 0 Å².